The molecule has 2 aromatic rings. The summed E-state index contributed by atoms with van der Waals surface area (Å²) >= 11 is 0. The van der Waals surface area contributed by atoms with Gasteiger partial charge in [-0.1, -0.05) is 24.3 Å². The highest BCUT2D eigenvalue weighted by atomic mass is 32.2. The molecular formula is C19H23N3O4S. The van der Waals surface area contributed by atoms with Crippen LogP contribution in [0.2, 0.25) is 0 Å². The van der Waals surface area contributed by atoms with Crippen LogP contribution in [-0.2, 0) is 22.3 Å². The Morgan fingerprint density at radius 3 is 1.96 bits per heavy atom. The molecule has 8 heteroatoms. The van der Waals surface area contributed by atoms with Gasteiger partial charge in [-0.3, -0.25) is 9.59 Å². The lowest BCUT2D eigenvalue weighted by molar-refractivity contribution is 0.0948. The molecule has 0 aliphatic carbocycles. The van der Waals surface area contributed by atoms with E-state index in [0.717, 1.165) is 5.56 Å². The minimum atomic E-state index is -3.37. The second kappa shape index (κ2) is 8.79. The Bertz CT molecular complexity index is 905. The first-order chi connectivity index (χ1) is 12.7. The van der Waals surface area contributed by atoms with E-state index in [1.54, 1.807) is 38.1 Å². The van der Waals surface area contributed by atoms with Crippen LogP contribution in [0.15, 0.2) is 48.5 Å². The summed E-state index contributed by atoms with van der Waals surface area (Å²) in [6, 6.07) is 12.9. The van der Waals surface area contributed by atoms with Crippen molar-refractivity contribution in [1.82, 2.24) is 10.0 Å². The third-order valence-corrected chi connectivity index (χ3v) is 5.22. The van der Waals surface area contributed by atoms with Crippen LogP contribution >= 0.6 is 0 Å². The molecule has 2 rings (SSSR count). The van der Waals surface area contributed by atoms with Crippen LogP contribution in [0.5, 0.6) is 0 Å². The van der Waals surface area contributed by atoms with Crippen molar-refractivity contribution < 1.29 is 18.0 Å². The number of primary amides is 1. The Morgan fingerprint density at radius 2 is 1.44 bits per heavy atom. The number of nitrogens with one attached hydrogen (secondary N) is 2. The number of benzene rings is 2. The van der Waals surface area contributed by atoms with Gasteiger partial charge in [-0.25, -0.2) is 13.1 Å². The topological polar surface area (TPSA) is 118 Å². The molecule has 0 heterocycles. The van der Waals surface area contributed by atoms with Gasteiger partial charge < -0.3 is 11.1 Å². The van der Waals surface area contributed by atoms with Crippen LogP contribution in [0.25, 0.3) is 0 Å². The molecule has 2 amide bonds. The molecule has 0 saturated carbocycles. The Hall–Kier alpha value is -2.71. The van der Waals surface area contributed by atoms with E-state index in [9.17, 15) is 18.0 Å². The number of carbonyl (C=O) groups excluding carboxylic acids is 2. The van der Waals surface area contributed by atoms with Crippen molar-refractivity contribution >= 4 is 21.8 Å². The standard InChI is InChI=1S/C19H23N3O4S/c1-13(2)22-27(25,26)12-15-5-3-14(4-6-15)11-21-19(24)17-9-7-16(8-10-17)18(20)23/h3-10,13,22H,11-12H2,1-2H3,(H2,20,23)(H,21,24). The van der Waals surface area contributed by atoms with Crippen molar-refractivity contribution in [1.29, 1.82) is 0 Å². The van der Waals surface area contributed by atoms with Crippen molar-refractivity contribution in [2.75, 3.05) is 0 Å². The Labute approximate surface area is 159 Å². The van der Waals surface area contributed by atoms with E-state index in [1.165, 1.54) is 24.3 Å². The monoisotopic (exact) mass is 389 g/mol. The third kappa shape index (κ3) is 6.50. The van der Waals surface area contributed by atoms with E-state index in [-0.39, 0.29) is 17.7 Å². The average Bonchev–Trinajstić information content (AvgIpc) is 2.59. The van der Waals surface area contributed by atoms with E-state index in [4.69, 9.17) is 5.73 Å². The van der Waals surface area contributed by atoms with Crippen LogP contribution in [0.1, 0.15) is 45.7 Å². The molecule has 0 saturated heterocycles. The minimum Gasteiger partial charge on any atom is -0.366 e. The van der Waals surface area contributed by atoms with Gasteiger partial charge in [-0.2, -0.15) is 0 Å². The Morgan fingerprint density at radius 1 is 0.926 bits per heavy atom. The number of nitrogens with two attached hydrogens (primary N) is 1. The maximum atomic E-state index is 12.1. The van der Waals surface area contributed by atoms with Gasteiger partial charge in [0.2, 0.25) is 15.9 Å². The summed E-state index contributed by atoms with van der Waals surface area (Å²) in [6.07, 6.45) is 0. The molecule has 0 fully saturated rings. The zero-order valence-electron chi connectivity index (χ0n) is 15.2. The van der Waals surface area contributed by atoms with Crippen LogP contribution in [0.4, 0.5) is 0 Å². The van der Waals surface area contributed by atoms with Crippen LogP contribution in [0.3, 0.4) is 0 Å². The van der Waals surface area contributed by atoms with Crippen molar-refractivity contribution in [3.63, 3.8) is 0 Å². The lowest BCUT2D eigenvalue weighted by atomic mass is 10.1. The fraction of sp³-hybridized carbons (Fsp3) is 0.263. The molecule has 0 aliphatic heterocycles. The summed E-state index contributed by atoms with van der Waals surface area (Å²) < 4.78 is 26.4. The molecule has 0 aliphatic rings. The average molecular weight is 389 g/mol. The highest BCUT2D eigenvalue weighted by Gasteiger charge is 2.13. The predicted molar refractivity (Wildman–Crippen MR) is 103 cm³/mol. The first kappa shape index (κ1) is 20.6. The van der Waals surface area contributed by atoms with Gasteiger partial charge in [0.1, 0.15) is 0 Å². The van der Waals surface area contributed by atoms with Gasteiger partial charge in [-0.05, 0) is 49.2 Å². The summed E-state index contributed by atoms with van der Waals surface area (Å²) in [6.45, 7) is 3.84. The summed E-state index contributed by atoms with van der Waals surface area (Å²) in [5.74, 6) is -0.921. The maximum absolute atomic E-state index is 12.1. The van der Waals surface area contributed by atoms with E-state index < -0.39 is 15.9 Å². The van der Waals surface area contributed by atoms with Gasteiger partial charge in [0.15, 0.2) is 0 Å². The molecule has 2 aromatic carbocycles. The van der Waals surface area contributed by atoms with Gasteiger partial charge >= 0.3 is 0 Å². The SMILES string of the molecule is CC(C)NS(=O)(=O)Cc1ccc(CNC(=O)c2ccc(C(N)=O)cc2)cc1. The van der Waals surface area contributed by atoms with E-state index in [0.29, 0.717) is 23.2 Å². The zero-order valence-corrected chi connectivity index (χ0v) is 16.0. The van der Waals surface area contributed by atoms with Crippen LogP contribution in [0, 0.1) is 0 Å². The van der Waals surface area contributed by atoms with E-state index >= 15 is 0 Å². The molecule has 0 bridgehead atoms. The largest absolute Gasteiger partial charge is 0.366 e. The van der Waals surface area contributed by atoms with Crippen molar-refractivity contribution in [2.45, 2.75) is 32.2 Å². The molecule has 4 N–H and O–H groups in total. The second-order valence-corrected chi connectivity index (χ2v) is 8.23. The molecule has 27 heavy (non-hydrogen) atoms. The first-order valence-corrected chi connectivity index (χ1v) is 10.1. The highest BCUT2D eigenvalue weighted by Crippen LogP contribution is 2.09. The summed E-state index contributed by atoms with van der Waals surface area (Å²) in [5, 5.41) is 2.77. The molecule has 0 aromatic heterocycles. The highest BCUT2D eigenvalue weighted by molar-refractivity contribution is 7.88. The number of carbonyl (C=O) groups is 2. The third-order valence-electron chi connectivity index (χ3n) is 3.68. The normalized spacial score (nSPS) is 11.4. The number of hydrogen-bond acceptors (Lipinski definition) is 4. The summed E-state index contributed by atoms with van der Waals surface area (Å²) in [4.78, 5) is 23.2. The molecule has 0 atom stereocenters. The van der Waals surface area contributed by atoms with Crippen LogP contribution < -0.4 is 15.8 Å². The first-order valence-electron chi connectivity index (χ1n) is 8.42. The lowest BCUT2D eigenvalue weighted by Crippen LogP contribution is -2.31. The Kier molecular flexibility index (Phi) is 6.70. The molecular weight excluding hydrogens is 366 g/mol. The molecule has 0 radical (unpaired) electrons. The maximum Gasteiger partial charge on any atom is 0.251 e. The van der Waals surface area contributed by atoms with Crippen molar-refractivity contribution in [2.24, 2.45) is 5.73 Å². The fourth-order valence-corrected chi connectivity index (χ4v) is 3.88. The predicted octanol–water partition coefficient (Wildman–Crippen LogP) is 1.54. The van der Waals surface area contributed by atoms with E-state index in [1.807, 2.05) is 0 Å². The van der Waals surface area contributed by atoms with Gasteiger partial charge in [0.25, 0.3) is 5.91 Å². The zero-order chi connectivity index (χ0) is 20.0. The van der Waals surface area contributed by atoms with Crippen molar-refractivity contribution in [3.8, 4) is 0 Å². The molecule has 0 spiro atoms. The number of amides is 2. The number of rotatable bonds is 8. The Balaban J connectivity index is 1.92. The van der Waals surface area contributed by atoms with E-state index in [2.05, 4.69) is 10.0 Å². The summed E-state index contributed by atoms with van der Waals surface area (Å²) in [7, 11) is -3.37. The van der Waals surface area contributed by atoms with Crippen LogP contribution in [-0.4, -0.2) is 26.3 Å². The quantitative estimate of drug-likeness (QED) is 0.634. The number of sulfonamides is 1. The molecule has 0 unspecified atom stereocenters. The minimum absolute atomic E-state index is 0.0932. The second-order valence-electron chi connectivity index (χ2n) is 6.47. The van der Waals surface area contributed by atoms with Crippen molar-refractivity contribution in [3.05, 3.63) is 70.8 Å². The van der Waals surface area contributed by atoms with Gasteiger partial charge in [-0.15, -0.1) is 0 Å². The number of hydrogen-bond donors (Lipinski definition) is 3. The van der Waals surface area contributed by atoms with Gasteiger partial charge in [0, 0.05) is 23.7 Å². The fourth-order valence-electron chi connectivity index (χ4n) is 2.44. The van der Waals surface area contributed by atoms with Gasteiger partial charge in [0.05, 0.1) is 5.75 Å². The lowest BCUT2D eigenvalue weighted by Gasteiger charge is -2.10. The smallest absolute Gasteiger partial charge is 0.251 e. The summed E-state index contributed by atoms with van der Waals surface area (Å²) in [5.41, 5.74) is 7.43. The molecule has 144 valence electrons. The molecule has 7 nitrogen and oxygen atoms in total.